The van der Waals surface area contributed by atoms with Crippen LogP contribution in [-0.4, -0.2) is 35.5 Å². The van der Waals surface area contributed by atoms with Gasteiger partial charge in [-0.1, -0.05) is 12.1 Å². The molecule has 108 valence electrons. The van der Waals surface area contributed by atoms with E-state index in [0.717, 1.165) is 0 Å². The molecule has 2 rings (SSSR count). The summed E-state index contributed by atoms with van der Waals surface area (Å²) in [6.07, 6.45) is 1.39. The Bertz CT molecular complexity index is 677. The van der Waals surface area contributed by atoms with Gasteiger partial charge in [-0.15, -0.1) is 0 Å². The van der Waals surface area contributed by atoms with Crippen LogP contribution in [0.2, 0.25) is 0 Å². The smallest absolute Gasteiger partial charge is 0.337 e. The maximum Gasteiger partial charge on any atom is 0.337 e. The van der Waals surface area contributed by atoms with E-state index < -0.39 is 11.9 Å². The molecule has 0 aliphatic carbocycles. The Kier molecular flexibility index (Phi) is 4.24. The Morgan fingerprint density at radius 1 is 1.33 bits per heavy atom. The highest BCUT2D eigenvalue weighted by Crippen LogP contribution is 2.05. The van der Waals surface area contributed by atoms with E-state index >= 15 is 0 Å². The van der Waals surface area contributed by atoms with E-state index in [9.17, 15) is 9.59 Å². The van der Waals surface area contributed by atoms with Crippen molar-refractivity contribution in [3.8, 4) is 0 Å². The molecule has 0 bridgehead atoms. The summed E-state index contributed by atoms with van der Waals surface area (Å²) in [5.74, 6) is -1.19. The lowest BCUT2D eigenvalue weighted by molar-refractivity contribution is 0.0600. The van der Waals surface area contributed by atoms with Gasteiger partial charge in [0.05, 0.1) is 18.9 Å². The third-order valence-electron chi connectivity index (χ3n) is 2.44. The molecule has 9 nitrogen and oxygen atoms in total. The number of nitrogens with zero attached hydrogens (tertiary/aromatic N) is 3. The van der Waals surface area contributed by atoms with Crippen molar-refractivity contribution in [1.82, 2.24) is 15.7 Å². The number of amides is 1. The van der Waals surface area contributed by atoms with Crippen molar-refractivity contribution < 1.29 is 19.0 Å². The van der Waals surface area contributed by atoms with E-state index in [2.05, 4.69) is 30.2 Å². The molecule has 0 fully saturated rings. The van der Waals surface area contributed by atoms with Gasteiger partial charge in [-0.25, -0.2) is 14.8 Å². The van der Waals surface area contributed by atoms with Crippen LogP contribution in [-0.2, 0) is 4.74 Å². The number of hydrogen-bond donors (Lipinski definition) is 2. The van der Waals surface area contributed by atoms with E-state index in [0.29, 0.717) is 11.1 Å². The predicted octanol–water partition coefficient (Wildman–Crippen LogP) is 0.202. The summed E-state index contributed by atoms with van der Waals surface area (Å²) in [6.45, 7) is 0. The molecule has 21 heavy (non-hydrogen) atoms. The standard InChI is InChI=1S/C12H11N5O4/c1-20-12(19)8-4-2-7(3-5-8)6-14-15-11(18)9-10(13)17-21-16-9/h2-6H,1H3,(H2,13,17)(H,15,18)/b14-6-. The summed E-state index contributed by atoms with van der Waals surface area (Å²) < 4.78 is 8.87. The fraction of sp³-hybridized carbons (Fsp3) is 0.0833. The first-order valence-electron chi connectivity index (χ1n) is 5.71. The predicted molar refractivity (Wildman–Crippen MR) is 71.6 cm³/mol. The van der Waals surface area contributed by atoms with E-state index in [1.165, 1.54) is 13.3 Å². The second-order valence-electron chi connectivity index (χ2n) is 3.81. The zero-order valence-corrected chi connectivity index (χ0v) is 10.9. The minimum Gasteiger partial charge on any atom is -0.465 e. The van der Waals surface area contributed by atoms with E-state index in [1.54, 1.807) is 24.3 Å². The topological polar surface area (TPSA) is 133 Å². The van der Waals surface area contributed by atoms with Crippen LogP contribution in [0.5, 0.6) is 0 Å². The fourth-order valence-electron chi connectivity index (χ4n) is 1.39. The molecule has 9 heteroatoms. The second-order valence-corrected chi connectivity index (χ2v) is 3.81. The molecule has 1 aromatic carbocycles. The number of hydrogen-bond acceptors (Lipinski definition) is 8. The number of nitrogens with one attached hydrogen (secondary N) is 1. The number of esters is 1. The minimum absolute atomic E-state index is 0.120. The van der Waals surface area contributed by atoms with Gasteiger partial charge in [0.2, 0.25) is 11.5 Å². The number of hydrazone groups is 1. The molecule has 0 saturated heterocycles. The molecule has 3 N–H and O–H groups in total. The third kappa shape index (κ3) is 3.41. The lowest BCUT2D eigenvalue weighted by Gasteiger charge is -1.99. The van der Waals surface area contributed by atoms with E-state index in [1.807, 2.05) is 0 Å². The van der Waals surface area contributed by atoms with Crippen LogP contribution in [0.1, 0.15) is 26.4 Å². The SMILES string of the molecule is COC(=O)c1ccc(/C=N\NC(=O)c2nonc2N)cc1. The minimum atomic E-state index is -0.642. The number of rotatable bonds is 4. The molecule has 0 aliphatic heterocycles. The molecule has 2 aromatic rings. The highest BCUT2D eigenvalue weighted by molar-refractivity contribution is 5.96. The Balaban J connectivity index is 1.97. The zero-order valence-electron chi connectivity index (χ0n) is 10.9. The molecule has 1 amide bonds. The molecule has 1 heterocycles. The average molecular weight is 289 g/mol. The van der Waals surface area contributed by atoms with Crippen LogP contribution in [0, 0.1) is 0 Å². The summed E-state index contributed by atoms with van der Waals surface area (Å²) in [4.78, 5) is 22.8. The summed E-state index contributed by atoms with van der Waals surface area (Å²) in [5, 5.41) is 10.3. The van der Waals surface area contributed by atoms with Gasteiger partial charge in [-0.3, -0.25) is 4.79 Å². The monoisotopic (exact) mass is 289 g/mol. The van der Waals surface area contributed by atoms with Crippen molar-refractivity contribution in [1.29, 1.82) is 0 Å². The lowest BCUT2D eigenvalue weighted by atomic mass is 10.1. The average Bonchev–Trinajstić information content (AvgIpc) is 2.93. The Hall–Kier alpha value is -3.23. The van der Waals surface area contributed by atoms with Crippen molar-refractivity contribution in [3.05, 3.63) is 41.1 Å². The van der Waals surface area contributed by atoms with Crippen LogP contribution < -0.4 is 11.2 Å². The van der Waals surface area contributed by atoms with Crippen LogP contribution in [0.25, 0.3) is 0 Å². The summed E-state index contributed by atoms with van der Waals surface area (Å²) in [7, 11) is 1.30. The lowest BCUT2D eigenvalue weighted by Crippen LogP contribution is -2.19. The Morgan fingerprint density at radius 3 is 2.62 bits per heavy atom. The van der Waals surface area contributed by atoms with Gasteiger partial charge < -0.3 is 10.5 Å². The first kappa shape index (κ1) is 14.2. The molecule has 0 aliphatic rings. The van der Waals surface area contributed by atoms with Gasteiger partial charge in [-0.2, -0.15) is 5.10 Å². The number of nitrogen functional groups attached to an aromatic ring is 1. The highest BCUT2D eigenvalue weighted by Gasteiger charge is 2.14. The summed E-state index contributed by atoms with van der Waals surface area (Å²) >= 11 is 0. The second kappa shape index (κ2) is 6.28. The first-order valence-corrected chi connectivity index (χ1v) is 5.71. The van der Waals surface area contributed by atoms with Crippen molar-refractivity contribution >= 4 is 23.9 Å². The maximum absolute atomic E-state index is 11.6. The number of nitrogens with two attached hydrogens (primary N) is 1. The maximum atomic E-state index is 11.6. The van der Waals surface area contributed by atoms with Gasteiger partial charge in [-0.05, 0) is 28.0 Å². The van der Waals surface area contributed by atoms with Gasteiger partial charge in [0.25, 0.3) is 5.91 Å². The van der Waals surface area contributed by atoms with Crippen molar-refractivity contribution in [2.45, 2.75) is 0 Å². The van der Waals surface area contributed by atoms with Crippen LogP contribution in [0.15, 0.2) is 34.0 Å². The number of carbonyl (C=O) groups is 2. The fourth-order valence-corrected chi connectivity index (χ4v) is 1.39. The molecule has 0 saturated carbocycles. The third-order valence-corrected chi connectivity index (χ3v) is 2.44. The molecular weight excluding hydrogens is 278 g/mol. The Labute approximate surface area is 118 Å². The van der Waals surface area contributed by atoms with Gasteiger partial charge in [0, 0.05) is 0 Å². The quantitative estimate of drug-likeness (QED) is 0.466. The molecule has 0 unspecified atom stereocenters. The largest absolute Gasteiger partial charge is 0.465 e. The molecule has 0 radical (unpaired) electrons. The molecule has 1 aromatic heterocycles. The van der Waals surface area contributed by atoms with Crippen molar-refractivity contribution in [2.75, 3.05) is 12.8 Å². The molecule has 0 spiro atoms. The highest BCUT2D eigenvalue weighted by atomic mass is 16.6. The van der Waals surface area contributed by atoms with Crippen LogP contribution in [0.3, 0.4) is 0 Å². The zero-order chi connectivity index (χ0) is 15.2. The normalized spacial score (nSPS) is 10.5. The number of methoxy groups -OCH3 is 1. The number of ether oxygens (including phenoxy) is 1. The summed E-state index contributed by atoms with van der Waals surface area (Å²) in [6, 6.07) is 6.45. The van der Waals surface area contributed by atoms with E-state index in [4.69, 9.17) is 5.73 Å². The van der Waals surface area contributed by atoms with Gasteiger partial charge in [0.1, 0.15) is 0 Å². The molecular formula is C12H11N5O4. The van der Waals surface area contributed by atoms with Gasteiger partial charge >= 0.3 is 5.97 Å². The van der Waals surface area contributed by atoms with Crippen LogP contribution in [0.4, 0.5) is 5.82 Å². The Morgan fingerprint density at radius 2 is 2.05 bits per heavy atom. The first-order chi connectivity index (χ1) is 10.1. The number of anilines is 1. The number of benzene rings is 1. The number of carbonyl (C=O) groups excluding carboxylic acids is 2. The van der Waals surface area contributed by atoms with E-state index in [-0.39, 0.29) is 11.5 Å². The molecule has 0 atom stereocenters. The van der Waals surface area contributed by atoms with Gasteiger partial charge in [0.15, 0.2) is 0 Å². The summed E-state index contributed by atoms with van der Waals surface area (Å²) in [5.41, 5.74) is 8.52. The van der Waals surface area contributed by atoms with Crippen molar-refractivity contribution in [3.63, 3.8) is 0 Å². The van der Waals surface area contributed by atoms with Crippen molar-refractivity contribution in [2.24, 2.45) is 5.10 Å². The van der Waals surface area contributed by atoms with Crippen LogP contribution >= 0.6 is 0 Å². The number of aromatic nitrogens is 2.